The summed E-state index contributed by atoms with van der Waals surface area (Å²) in [6.45, 7) is 0. The third kappa shape index (κ3) is 9.30. The van der Waals surface area contributed by atoms with Gasteiger partial charge in [0.1, 0.15) is 50.6 Å². The van der Waals surface area contributed by atoms with Gasteiger partial charge in [0.15, 0.2) is 0 Å². The molecule has 20 nitrogen and oxygen atoms in total. The van der Waals surface area contributed by atoms with Crippen molar-refractivity contribution in [3.63, 3.8) is 0 Å². The van der Waals surface area contributed by atoms with Gasteiger partial charge in [0.2, 0.25) is 0 Å². The van der Waals surface area contributed by atoms with Crippen molar-refractivity contribution in [3.05, 3.63) is 282 Å². The Kier molecular flexibility index (Phi) is 12.7. The maximum Gasteiger partial charge on any atom is 0.116 e. The highest BCUT2D eigenvalue weighted by molar-refractivity contribution is 6.33. The molecule has 100 heavy (non-hydrogen) atoms. The van der Waals surface area contributed by atoms with Gasteiger partial charge in [-0.1, -0.05) is 24.3 Å². The van der Waals surface area contributed by atoms with Gasteiger partial charge in [0, 0.05) is 170 Å². The molecular formula is C80H46N20. The summed E-state index contributed by atoms with van der Waals surface area (Å²) in [4.78, 5) is 83.3. The minimum absolute atomic E-state index is 0.804. The van der Waals surface area contributed by atoms with Gasteiger partial charge in [0.05, 0.1) is 66.9 Å². The van der Waals surface area contributed by atoms with Crippen LogP contribution in [0.25, 0.3) is 120 Å². The van der Waals surface area contributed by atoms with E-state index in [1.165, 1.54) is 0 Å². The molecule has 0 aliphatic carbocycles. The number of benzene rings is 12. The van der Waals surface area contributed by atoms with Gasteiger partial charge >= 0.3 is 0 Å². The molecule has 0 spiro atoms. The summed E-state index contributed by atoms with van der Waals surface area (Å²) in [6, 6.07) is 64.4. The monoisotopic (exact) mass is 1290 g/mol. The molecule has 466 valence electrons. The average Bonchev–Trinajstić information content (AvgIpc) is 0.698. The molecule has 0 aliphatic heterocycles. The molecule has 0 amide bonds. The number of hydrogen-bond acceptors (Lipinski definition) is 20. The van der Waals surface area contributed by atoms with E-state index in [0.29, 0.717) is 0 Å². The lowest BCUT2D eigenvalue weighted by atomic mass is 9.89. The predicted octanol–water partition coefficient (Wildman–Crippen LogP) is 18.0. The molecule has 12 aromatic carbocycles. The van der Waals surface area contributed by atoms with Crippen molar-refractivity contribution in [3.8, 4) is 0 Å². The Morgan fingerprint density at radius 3 is 0.490 bits per heavy atom. The van der Waals surface area contributed by atoms with Crippen LogP contribution in [-0.4, -0.2) is 79.7 Å². The molecule has 0 saturated heterocycles. The minimum Gasteiger partial charge on any atom is -0.310 e. The second-order valence-corrected chi connectivity index (χ2v) is 24.4. The summed E-state index contributed by atoms with van der Waals surface area (Å²) in [5.74, 6) is 0. The highest BCUT2D eigenvalue weighted by atomic mass is 15.2. The van der Waals surface area contributed by atoms with Gasteiger partial charge in [-0.2, -0.15) is 0 Å². The predicted molar refractivity (Wildman–Crippen MR) is 394 cm³/mol. The molecule has 20 heteroatoms. The zero-order chi connectivity index (χ0) is 65.8. The first kappa shape index (κ1) is 56.0. The van der Waals surface area contributed by atoms with Crippen LogP contribution >= 0.6 is 0 Å². The molecule has 0 radical (unpaired) electrons. The minimum atomic E-state index is 0.804. The summed E-state index contributed by atoms with van der Waals surface area (Å²) in [7, 11) is 0. The van der Waals surface area contributed by atoms with E-state index in [9.17, 15) is 0 Å². The molecule has 0 bridgehead atoms. The number of nitrogens with zero attached hydrogens (tertiary/aromatic N) is 20. The van der Waals surface area contributed by atoms with E-state index in [0.717, 1.165) is 188 Å². The molecule has 0 saturated carbocycles. The third-order valence-electron chi connectivity index (χ3n) is 18.7. The summed E-state index contributed by atoms with van der Waals surface area (Å²) < 4.78 is 0. The van der Waals surface area contributed by atoms with Crippen LogP contribution < -0.4 is 19.6 Å². The Hall–Kier alpha value is -14.4. The highest BCUT2D eigenvalue weighted by Gasteiger charge is 2.31. The van der Waals surface area contributed by atoms with Crippen LogP contribution in [0.3, 0.4) is 0 Å². The van der Waals surface area contributed by atoms with Crippen molar-refractivity contribution in [2.75, 3.05) is 19.6 Å². The van der Waals surface area contributed by atoms with Crippen molar-refractivity contribution in [2.45, 2.75) is 0 Å². The van der Waals surface area contributed by atoms with E-state index in [1.807, 2.05) is 49.6 Å². The smallest absolute Gasteiger partial charge is 0.116 e. The van der Waals surface area contributed by atoms with Crippen LogP contribution in [0.4, 0.5) is 68.2 Å². The SMILES string of the molecule is c1ncc2cc(N(c3ccc4ncncc4c3)c3cc(N(c4ccc5ncncc5c4)c4ccc5ncncc5c4)c4ccc5c(N(c6ccc7ncncc7c6)c6ccc7ncncc7c6)cc(N(c6ccc7ncncc7c6)c6ccc7ncncc7c6)c6ccc3c4c65)ccc2n1. The van der Waals surface area contributed by atoms with Crippen molar-refractivity contribution >= 4 is 188 Å². The average molecular weight is 1290 g/mol. The first-order chi connectivity index (χ1) is 49.5. The van der Waals surface area contributed by atoms with E-state index in [2.05, 4.69) is 241 Å². The molecule has 8 heterocycles. The molecule has 20 rings (SSSR count). The van der Waals surface area contributed by atoms with Gasteiger partial charge in [-0.3, -0.25) is 0 Å². The first-order valence-electron chi connectivity index (χ1n) is 32.1. The zero-order valence-electron chi connectivity index (χ0n) is 52.5. The van der Waals surface area contributed by atoms with Crippen molar-refractivity contribution in [1.82, 2.24) is 79.7 Å². The van der Waals surface area contributed by atoms with E-state index in [-0.39, 0.29) is 0 Å². The lowest BCUT2D eigenvalue weighted by molar-refractivity contribution is 1.21. The Labute approximate surface area is 566 Å². The van der Waals surface area contributed by atoms with Crippen molar-refractivity contribution in [1.29, 1.82) is 0 Å². The molecule has 20 aromatic rings. The Morgan fingerprint density at radius 1 is 0.170 bits per heavy atom. The van der Waals surface area contributed by atoms with E-state index >= 15 is 0 Å². The fourth-order valence-corrected chi connectivity index (χ4v) is 14.3. The number of hydrogen-bond donors (Lipinski definition) is 0. The topological polar surface area (TPSA) is 219 Å². The molecule has 0 atom stereocenters. The number of anilines is 12. The quantitative estimate of drug-likeness (QED) is 0.104. The normalized spacial score (nSPS) is 11.8. The van der Waals surface area contributed by atoms with Gasteiger partial charge in [-0.05, 0) is 158 Å². The Morgan fingerprint density at radius 2 is 0.330 bits per heavy atom. The second kappa shape index (κ2) is 22.6. The summed E-state index contributed by atoms with van der Waals surface area (Å²) in [6.07, 6.45) is 27.5. The lowest BCUT2D eigenvalue weighted by Crippen LogP contribution is -2.16. The largest absolute Gasteiger partial charge is 0.310 e. The first-order valence-corrected chi connectivity index (χ1v) is 32.1. The van der Waals surface area contributed by atoms with Crippen LogP contribution in [0.1, 0.15) is 0 Å². The van der Waals surface area contributed by atoms with Crippen molar-refractivity contribution in [2.24, 2.45) is 0 Å². The maximum absolute atomic E-state index is 4.71. The molecule has 0 unspecified atom stereocenters. The summed E-state index contributed by atoms with van der Waals surface area (Å²) in [5, 5.41) is 12.6. The van der Waals surface area contributed by atoms with Gasteiger partial charge in [0.25, 0.3) is 0 Å². The Balaban J connectivity index is 0.978. The fraction of sp³-hybridized carbons (Fsp3) is 0. The highest BCUT2D eigenvalue weighted by Crippen LogP contribution is 2.56. The summed E-state index contributed by atoms with van der Waals surface area (Å²) >= 11 is 0. The van der Waals surface area contributed by atoms with Gasteiger partial charge < -0.3 is 19.6 Å². The van der Waals surface area contributed by atoms with Crippen LogP contribution in [-0.2, 0) is 0 Å². The van der Waals surface area contributed by atoms with Crippen LogP contribution in [0, 0.1) is 0 Å². The third-order valence-corrected chi connectivity index (χ3v) is 18.7. The van der Waals surface area contributed by atoms with Crippen LogP contribution in [0.15, 0.2) is 282 Å². The molecule has 0 aliphatic rings. The number of rotatable bonds is 12. The maximum atomic E-state index is 4.71. The van der Waals surface area contributed by atoms with Gasteiger partial charge in [-0.15, -0.1) is 0 Å². The van der Waals surface area contributed by atoms with E-state index < -0.39 is 0 Å². The lowest BCUT2D eigenvalue weighted by Gasteiger charge is -2.34. The Bertz CT molecular complexity index is 5600. The number of fused-ring (bicyclic) bond motifs is 8. The van der Waals surface area contributed by atoms with E-state index in [4.69, 9.17) is 39.9 Å². The van der Waals surface area contributed by atoms with Gasteiger partial charge in [-0.25, -0.2) is 79.7 Å². The van der Waals surface area contributed by atoms with Crippen molar-refractivity contribution < 1.29 is 0 Å². The number of aromatic nitrogens is 16. The standard InChI is InChI=1S/C80H46N20/c1-13-67-47(31-81-39-89-67)21-55(1)97(56-2-14-68-48(22-56)32-82-40-90-68)75-29-76(98(57-3-15-69-49(23-57)33-83-41-91-69)58-4-16-70-50(24-58)34-84-42-92-70)64-11-12-66-78(100(61-7-19-73-53(27-61)37-87-45-95-73)62-8-20-74-54(28-62)38-88-46-96-74)30-77(65-10-9-63(75)79(64)80(65)66)99(59-5-17-71-51(25-59)35-85-43-93-71)60-6-18-72-52(26-60)36-86-44-94-72/h1-46H. The van der Waals surface area contributed by atoms with Crippen LogP contribution in [0.5, 0.6) is 0 Å². The molecule has 8 aromatic heterocycles. The molecule has 0 N–H and O–H groups in total. The van der Waals surface area contributed by atoms with Crippen LogP contribution in [0.2, 0.25) is 0 Å². The zero-order valence-corrected chi connectivity index (χ0v) is 52.5. The van der Waals surface area contributed by atoms with E-state index in [1.54, 1.807) is 50.6 Å². The molecular weight excluding hydrogens is 1240 g/mol. The second-order valence-electron chi connectivity index (χ2n) is 24.4. The fourth-order valence-electron chi connectivity index (χ4n) is 14.3. The summed E-state index contributed by atoms with van der Waals surface area (Å²) in [5.41, 5.74) is 16.7. The molecule has 0 fully saturated rings.